The zero-order valence-corrected chi connectivity index (χ0v) is 13.8. The first-order valence-electron chi connectivity index (χ1n) is 6.90. The Morgan fingerprint density at radius 2 is 2.00 bits per heavy atom. The van der Waals surface area contributed by atoms with Crippen molar-refractivity contribution >= 4 is 11.4 Å². The molecule has 0 saturated heterocycles. The van der Waals surface area contributed by atoms with Crippen LogP contribution in [0.25, 0.3) is 0 Å². The first-order valence-corrected chi connectivity index (χ1v) is 8.05. The number of rotatable bonds is 6. The van der Waals surface area contributed by atoms with Crippen LogP contribution in [0.3, 0.4) is 0 Å². The summed E-state index contributed by atoms with van der Waals surface area (Å²) in [7, 11) is 0. The summed E-state index contributed by atoms with van der Waals surface area (Å²) in [5.41, 5.74) is 0.946. The molecule has 5 heteroatoms. The lowest BCUT2D eigenvalue weighted by atomic mass is 10.1. The Morgan fingerprint density at radius 1 is 1.37 bits per heavy atom. The molecular formula is C14H27N3OS. The maximum absolute atomic E-state index is 12.0. The smallest absolute Gasteiger partial charge is 0.136 e. The van der Waals surface area contributed by atoms with Crippen LogP contribution in [0.2, 0.25) is 0 Å². The predicted molar refractivity (Wildman–Crippen MR) is 81.1 cm³/mol. The van der Waals surface area contributed by atoms with Crippen LogP contribution in [-0.4, -0.2) is 18.9 Å². The van der Waals surface area contributed by atoms with Crippen molar-refractivity contribution in [2.24, 2.45) is 5.92 Å². The summed E-state index contributed by atoms with van der Waals surface area (Å²) in [5.74, 6) is 0.690. The van der Waals surface area contributed by atoms with Crippen LogP contribution in [0.4, 0.5) is 0 Å². The third kappa shape index (κ3) is 5.55. The predicted octanol–water partition coefficient (Wildman–Crippen LogP) is 3.04. The summed E-state index contributed by atoms with van der Waals surface area (Å²) >= 11 is -1.07. The van der Waals surface area contributed by atoms with Crippen molar-refractivity contribution in [1.82, 2.24) is 14.3 Å². The number of imidazole rings is 1. The quantitative estimate of drug-likeness (QED) is 0.817. The van der Waals surface area contributed by atoms with Crippen LogP contribution in [0.15, 0.2) is 12.5 Å². The number of nitrogens with one attached hydrogen (secondary N) is 1. The summed E-state index contributed by atoms with van der Waals surface area (Å²) in [6.07, 6.45) is 5.04. The van der Waals surface area contributed by atoms with E-state index >= 15 is 0 Å². The maximum atomic E-state index is 12.0. The molecule has 19 heavy (non-hydrogen) atoms. The zero-order chi connectivity index (χ0) is 14.6. The second kappa shape index (κ2) is 6.77. The maximum Gasteiger partial charge on any atom is 0.136 e. The highest BCUT2D eigenvalue weighted by molar-refractivity contribution is 7.90. The lowest BCUT2D eigenvalue weighted by Crippen LogP contribution is -2.40. The molecule has 1 aromatic heterocycles. The third-order valence-electron chi connectivity index (χ3n) is 2.90. The Morgan fingerprint density at radius 3 is 2.53 bits per heavy atom. The first-order chi connectivity index (χ1) is 8.70. The highest BCUT2D eigenvalue weighted by atomic mass is 32.2. The summed E-state index contributed by atoms with van der Waals surface area (Å²) < 4.78 is 17.0. The van der Waals surface area contributed by atoms with Gasteiger partial charge in [-0.25, -0.2) is 4.98 Å². The lowest BCUT2D eigenvalue weighted by molar-refractivity contribution is 0.515. The minimum Gasteiger partial charge on any atom is -0.598 e. The van der Waals surface area contributed by atoms with Gasteiger partial charge in [0.15, 0.2) is 0 Å². The topological polar surface area (TPSA) is 52.9 Å². The van der Waals surface area contributed by atoms with Gasteiger partial charge in [-0.05, 0) is 40.0 Å². The largest absolute Gasteiger partial charge is 0.598 e. The van der Waals surface area contributed by atoms with Gasteiger partial charge >= 0.3 is 0 Å². The Kier molecular flexibility index (Phi) is 5.89. The number of hydrogen-bond donors (Lipinski definition) is 1. The van der Waals surface area contributed by atoms with Gasteiger partial charge in [0.05, 0.1) is 18.1 Å². The van der Waals surface area contributed by atoms with Gasteiger partial charge in [-0.3, -0.25) is 0 Å². The van der Waals surface area contributed by atoms with E-state index in [4.69, 9.17) is 0 Å². The van der Waals surface area contributed by atoms with E-state index in [2.05, 4.69) is 28.1 Å². The summed E-state index contributed by atoms with van der Waals surface area (Å²) in [5, 5.41) is 0. The molecule has 0 aliphatic heterocycles. The molecule has 110 valence electrons. The highest BCUT2D eigenvalue weighted by Gasteiger charge is 2.28. The minimum absolute atomic E-state index is 0.000332. The molecule has 0 bridgehead atoms. The van der Waals surface area contributed by atoms with E-state index in [0.29, 0.717) is 5.92 Å². The average molecular weight is 285 g/mol. The second-order valence-electron chi connectivity index (χ2n) is 6.44. The molecule has 0 aromatic carbocycles. The third-order valence-corrected chi connectivity index (χ3v) is 4.58. The lowest BCUT2D eigenvalue weighted by Gasteiger charge is -2.25. The molecule has 0 spiro atoms. The first kappa shape index (κ1) is 16.5. The number of aryl methyl sites for hydroxylation is 1. The van der Waals surface area contributed by atoms with Crippen molar-refractivity contribution in [3.63, 3.8) is 0 Å². The molecule has 0 aliphatic carbocycles. The van der Waals surface area contributed by atoms with E-state index in [0.717, 1.165) is 18.7 Å². The van der Waals surface area contributed by atoms with Gasteiger partial charge in [0.1, 0.15) is 4.75 Å². The van der Waals surface area contributed by atoms with Crippen molar-refractivity contribution in [2.75, 3.05) is 0 Å². The Labute approximate surface area is 120 Å². The van der Waals surface area contributed by atoms with E-state index in [1.165, 1.54) is 0 Å². The molecule has 0 amide bonds. The van der Waals surface area contributed by atoms with E-state index in [9.17, 15) is 4.55 Å². The fourth-order valence-corrected chi connectivity index (χ4v) is 2.32. The monoisotopic (exact) mass is 285 g/mol. The molecule has 0 saturated carbocycles. The van der Waals surface area contributed by atoms with E-state index in [1.807, 2.05) is 40.2 Å². The number of hydrogen-bond acceptors (Lipinski definition) is 3. The molecule has 0 unspecified atom stereocenters. The number of nitrogens with zero attached hydrogens (tertiary/aromatic N) is 2. The van der Waals surface area contributed by atoms with Crippen molar-refractivity contribution in [3.8, 4) is 0 Å². The molecule has 1 aromatic rings. The SMILES string of the molecule is CC(C)CCn1cnc([C@H](C)N[S@@+]([O-])C(C)(C)C)c1. The number of aromatic nitrogens is 2. The molecule has 1 heterocycles. The van der Waals surface area contributed by atoms with Gasteiger partial charge < -0.3 is 9.12 Å². The Balaban J connectivity index is 2.56. The highest BCUT2D eigenvalue weighted by Crippen LogP contribution is 2.18. The molecule has 0 radical (unpaired) electrons. The average Bonchev–Trinajstić information content (AvgIpc) is 2.73. The van der Waals surface area contributed by atoms with Crippen LogP contribution in [0, 0.1) is 5.92 Å². The van der Waals surface area contributed by atoms with Crippen molar-refractivity contribution < 1.29 is 4.55 Å². The van der Waals surface area contributed by atoms with Gasteiger partial charge in [-0.2, -0.15) is 0 Å². The summed E-state index contributed by atoms with van der Waals surface area (Å²) in [6, 6.07) is 0.000332. The normalized spacial score (nSPS) is 15.8. The van der Waals surface area contributed by atoms with Crippen molar-refractivity contribution in [1.29, 1.82) is 0 Å². The summed E-state index contributed by atoms with van der Waals surface area (Å²) in [4.78, 5) is 4.40. The van der Waals surface area contributed by atoms with Gasteiger partial charge in [-0.15, -0.1) is 4.72 Å². The van der Waals surface area contributed by atoms with Gasteiger partial charge in [-0.1, -0.05) is 13.8 Å². The van der Waals surface area contributed by atoms with Crippen molar-refractivity contribution in [3.05, 3.63) is 18.2 Å². The molecule has 1 rings (SSSR count). The fourth-order valence-electron chi connectivity index (χ4n) is 1.53. The van der Waals surface area contributed by atoms with Crippen molar-refractivity contribution in [2.45, 2.75) is 65.3 Å². The van der Waals surface area contributed by atoms with Crippen LogP contribution in [0.5, 0.6) is 0 Å². The zero-order valence-electron chi connectivity index (χ0n) is 12.9. The van der Waals surface area contributed by atoms with Crippen LogP contribution >= 0.6 is 0 Å². The summed E-state index contributed by atoms with van der Waals surface area (Å²) in [6.45, 7) is 13.3. The molecule has 2 atom stereocenters. The standard InChI is InChI=1S/C14H27N3OS/c1-11(2)7-8-17-9-13(15-10-17)12(3)16-19(18)14(4,5)6/h9-12,16H,7-8H2,1-6H3/t12-,19-/m0/s1. The van der Waals surface area contributed by atoms with E-state index in [-0.39, 0.29) is 10.8 Å². The van der Waals surface area contributed by atoms with Crippen LogP contribution in [-0.2, 0) is 17.9 Å². The molecule has 1 N–H and O–H groups in total. The van der Waals surface area contributed by atoms with Crippen LogP contribution < -0.4 is 4.72 Å². The van der Waals surface area contributed by atoms with Gasteiger partial charge in [0.2, 0.25) is 0 Å². The molecular weight excluding hydrogens is 258 g/mol. The molecule has 0 aliphatic rings. The molecule has 0 fully saturated rings. The van der Waals surface area contributed by atoms with Gasteiger partial charge in [0, 0.05) is 24.1 Å². The van der Waals surface area contributed by atoms with Gasteiger partial charge in [0.25, 0.3) is 0 Å². The molecule has 4 nitrogen and oxygen atoms in total. The fraction of sp³-hybridized carbons (Fsp3) is 0.786. The second-order valence-corrected chi connectivity index (χ2v) is 8.44. The Hall–Kier alpha value is -0.520. The van der Waals surface area contributed by atoms with E-state index < -0.39 is 11.4 Å². The minimum atomic E-state index is -1.07. The van der Waals surface area contributed by atoms with E-state index in [1.54, 1.807) is 0 Å². The van der Waals surface area contributed by atoms with Crippen LogP contribution in [0.1, 0.15) is 59.7 Å². The Bertz CT molecular complexity index is 384.